The van der Waals surface area contributed by atoms with Crippen LogP contribution in [0.1, 0.15) is 21.7 Å². The minimum Gasteiger partial charge on any atom is -0.477 e. The molecule has 0 bridgehead atoms. The predicted molar refractivity (Wildman–Crippen MR) is 79.0 cm³/mol. The van der Waals surface area contributed by atoms with Crippen molar-refractivity contribution in [1.82, 2.24) is 9.21 Å². The molecule has 0 fully saturated rings. The van der Waals surface area contributed by atoms with Crippen molar-refractivity contribution in [3.05, 3.63) is 15.8 Å². The van der Waals surface area contributed by atoms with Crippen LogP contribution in [0, 0.1) is 6.92 Å². The van der Waals surface area contributed by atoms with E-state index in [-0.39, 0.29) is 9.77 Å². The van der Waals surface area contributed by atoms with Gasteiger partial charge in [-0.05, 0) is 44.9 Å². The number of hydrogen-bond acceptors (Lipinski definition) is 5. The van der Waals surface area contributed by atoms with Crippen molar-refractivity contribution in [2.75, 3.05) is 34.2 Å². The SMILES string of the molecule is Cc1csc(C(=O)O)c1S(=O)(=O)N(C)CCCN(C)C. The van der Waals surface area contributed by atoms with Gasteiger partial charge in [-0.1, -0.05) is 0 Å². The van der Waals surface area contributed by atoms with E-state index in [1.165, 1.54) is 11.4 Å². The summed E-state index contributed by atoms with van der Waals surface area (Å²) < 4.78 is 26.2. The van der Waals surface area contributed by atoms with Gasteiger partial charge in [-0.3, -0.25) is 0 Å². The summed E-state index contributed by atoms with van der Waals surface area (Å²) in [5, 5.41) is 10.7. The Kier molecular flexibility index (Phi) is 5.69. The van der Waals surface area contributed by atoms with Crippen molar-refractivity contribution < 1.29 is 18.3 Å². The Hall–Kier alpha value is -0.960. The zero-order valence-electron chi connectivity index (χ0n) is 12.1. The number of hydrogen-bond donors (Lipinski definition) is 1. The molecule has 0 radical (unpaired) electrons. The molecule has 1 aromatic rings. The summed E-state index contributed by atoms with van der Waals surface area (Å²) in [4.78, 5) is 12.9. The first-order chi connectivity index (χ1) is 9.17. The predicted octanol–water partition coefficient (Wildman–Crippen LogP) is 1.33. The first-order valence-corrected chi connectivity index (χ1v) is 8.42. The molecule has 0 amide bonds. The summed E-state index contributed by atoms with van der Waals surface area (Å²) in [5.41, 5.74) is 0.479. The highest BCUT2D eigenvalue weighted by molar-refractivity contribution is 7.89. The van der Waals surface area contributed by atoms with Gasteiger partial charge in [-0.25, -0.2) is 17.5 Å². The largest absolute Gasteiger partial charge is 0.477 e. The van der Waals surface area contributed by atoms with E-state index in [1.54, 1.807) is 12.3 Å². The number of sulfonamides is 1. The van der Waals surface area contributed by atoms with Crippen LogP contribution < -0.4 is 0 Å². The zero-order chi connectivity index (χ0) is 15.5. The maximum atomic E-state index is 12.5. The molecule has 0 saturated carbocycles. The Labute approximate surface area is 123 Å². The summed E-state index contributed by atoms with van der Waals surface area (Å²) in [6.45, 7) is 2.74. The van der Waals surface area contributed by atoms with Crippen LogP contribution >= 0.6 is 11.3 Å². The smallest absolute Gasteiger partial charge is 0.347 e. The first-order valence-electron chi connectivity index (χ1n) is 6.10. The second-order valence-corrected chi connectivity index (χ2v) is 7.73. The molecule has 1 rings (SSSR count). The number of nitrogens with zero attached hydrogens (tertiary/aromatic N) is 2. The average molecular weight is 320 g/mol. The molecular weight excluding hydrogens is 300 g/mol. The molecule has 0 aliphatic rings. The van der Waals surface area contributed by atoms with Gasteiger partial charge in [0.1, 0.15) is 9.77 Å². The van der Waals surface area contributed by atoms with E-state index in [9.17, 15) is 13.2 Å². The van der Waals surface area contributed by atoms with Gasteiger partial charge in [-0.15, -0.1) is 11.3 Å². The molecule has 0 atom stereocenters. The molecule has 0 unspecified atom stereocenters. The third-order valence-corrected chi connectivity index (χ3v) is 6.12. The Balaban J connectivity index is 2.99. The molecule has 1 N–H and O–H groups in total. The fourth-order valence-corrected chi connectivity index (χ4v) is 4.57. The molecule has 6 nitrogen and oxygen atoms in total. The van der Waals surface area contributed by atoms with Gasteiger partial charge in [0.05, 0.1) is 0 Å². The van der Waals surface area contributed by atoms with E-state index in [2.05, 4.69) is 0 Å². The monoisotopic (exact) mass is 320 g/mol. The highest BCUT2D eigenvalue weighted by Crippen LogP contribution is 2.29. The number of carboxylic acid groups (broad SMARTS) is 1. The second-order valence-electron chi connectivity index (χ2n) is 4.87. The molecule has 8 heteroatoms. The van der Waals surface area contributed by atoms with Crippen LogP contribution in [-0.4, -0.2) is 62.9 Å². The van der Waals surface area contributed by atoms with Crippen LogP contribution in [0.4, 0.5) is 0 Å². The van der Waals surface area contributed by atoms with E-state index in [4.69, 9.17) is 5.11 Å². The Bertz CT molecular complexity index is 578. The Morgan fingerprint density at radius 3 is 2.40 bits per heavy atom. The lowest BCUT2D eigenvalue weighted by Gasteiger charge is -2.19. The van der Waals surface area contributed by atoms with Gasteiger partial charge in [0.2, 0.25) is 10.0 Å². The molecule has 0 aromatic carbocycles. The van der Waals surface area contributed by atoms with Crippen LogP contribution in [0.15, 0.2) is 10.3 Å². The van der Waals surface area contributed by atoms with Crippen molar-refractivity contribution in [2.45, 2.75) is 18.2 Å². The van der Waals surface area contributed by atoms with Crippen molar-refractivity contribution in [1.29, 1.82) is 0 Å². The molecule has 20 heavy (non-hydrogen) atoms. The lowest BCUT2D eigenvalue weighted by atomic mass is 10.3. The first kappa shape index (κ1) is 17.1. The normalized spacial score (nSPS) is 12.3. The molecule has 0 aliphatic carbocycles. The molecule has 0 saturated heterocycles. The summed E-state index contributed by atoms with van der Waals surface area (Å²) in [7, 11) is 1.56. The third kappa shape index (κ3) is 3.78. The minimum atomic E-state index is -3.76. The Morgan fingerprint density at radius 1 is 1.30 bits per heavy atom. The van der Waals surface area contributed by atoms with Gasteiger partial charge in [0.25, 0.3) is 0 Å². The van der Waals surface area contributed by atoms with E-state index in [1.807, 2.05) is 19.0 Å². The van der Waals surface area contributed by atoms with Gasteiger partial charge in [-0.2, -0.15) is 0 Å². The highest BCUT2D eigenvalue weighted by atomic mass is 32.2. The van der Waals surface area contributed by atoms with E-state index < -0.39 is 16.0 Å². The van der Waals surface area contributed by atoms with E-state index >= 15 is 0 Å². The van der Waals surface area contributed by atoms with Crippen molar-refractivity contribution >= 4 is 27.3 Å². The zero-order valence-corrected chi connectivity index (χ0v) is 13.7. The number of aromatic carboxylic acids is 1. The highest BCUT2D eigenvalue weighted by Gasteiger charge is 2.29. The molecule has 114 valence electrons. The van der Waals surface area contributed by atoms with Gasteiger partial charge in [0.15, 0.2) is 0 Å². The van der Waals surface area contributed by atoms with E-state index in [0.717, 1.165) is 17.9 Å². The summed E-state index contributed by atoms with van der Waals surface area (Å²) in [6.07, 6.45) is 0.689. The number of carboxylic acids is 1. The number of rotatable bonds is 7. The number of thiophene rings is 1. The lowest BCUT2D eigenvalue weighted by molar-refractivity contribution is 0.0698. The minimum absolute atomic E-state index is 0.0812. The van der Waals surface area contributed by atoms with Gasteiger partial charge >= 0.3 is 5.97 Å². The second kappa shape index (κ2) is 6.66. The summed E-state index contributed by atoms with van der Waals surface area (Å²) >= 11 is 0.944. The average Bonchev–Trinajstić information content (AvgIpc) is 2.71. The summed E-state index contributed by atoms with van der Waals surface area (Å²) in [5.74, 6) is -1.21. The molecule has 0 aliphatic heterocycles. The quantitative estimate of drug-likeness (QED) is 0.820. The van der Waals surface area contributed by atoms with Crippen molar-refractivity contribution in [3.63, 3.8) is 0 Å². The van der Waals surface area contributed by atoms with E-state index in [0.29, 0.717) is 18.5 Å². The Morgan fingerprint density at radius 2 is 1.90 bits per heavy atom. The molecule has 1 heterocycles. The molecule has 0 spiro atoms. The van der Waals surface area contributed by atoms with Crippen LogP contribution in [0.3, 0.4) is 0 Å². The molecular formula is C12H20N2O4S2. The fraction of sp³-hybridized carbons (Fsp3) is 0.583. The van der Waals surface area contributed by atoms with Crippen molar-refractivity contribution in [2.24, 2.45) is 0 Å². The van der Waals surface area contributed by atoms with Gasteiger partial charge in [0, 0.05) is 13.6 Å². The van der Waals surface area contributed by atoms with Crippen molar-refractivity contribution in [3.8, 4) is 0 Å². The summed E-state index contributed by atoms with van der Waals surface area (Å²) in [6, 6.07) is 0. The third-order valence-electron chi connectivity index (χ3n) is 2.86. The van der Waals surface area contributed by atoms with Crippen LogP contribution in [0.5, 0.6) is 0 Å². The van der Waals surface area contributed by atoms with Crippen LogP contribution in [-0.2, 0) is 10.0 Å². The maximum Gasteiger partial charge on any atom is 0.347 e. The standard InChI is InChI=1S/C12H20N2O4S2/c1-9-8-19-10(12(15)16)11(9)20(17,18)14(4)7-5-6-13(2)3/h8H,5-7H2,1-4H3,(H,15,16). The number of carbonyl (C=O) groups is 1. The topological polar surface area (TPSA) is 77.9 Å². The van der Waals surface area contributed by atoms with Crippen LogP contribution in [0.25, 0.3) is 0 Å². The van der Waals surface area contributed by atoms with Gasteiger partial charge < -0.3 is 10.0 Å². The van der Waals surface area contributed by atoms with Crippen LogP contribution in [0.2, 0.25) is 0 Å². The number of aryl methyl sites for hydroxylation is 1. The maximum absolute atomic E-state index is 12.5. The molecule has 1 aromatic heterocycles. The fourth-order valence-electron chi connectivity index (χ4n) is 1.79. The lowest BCUT2D eigenvalue weighted by Crippen LogP contribution is -2.31.